The summed E-state index contributed by atoms with van der Waals surface area (Å²) in [5, 5.41) is 4.05. The van der Waals surface area contributed by atoms with Gasteiger partial charge in [-0.05, 0) is 12.8 Å². The van der Waals surface area contributed by atoms with Gasteiger partial charge in [0, 0.05) is 35.3 Å². The molecular formula is C16H13FN6. The maximum atomic E-state index is 14.1. The smallest absolute Gasteiger partial charge is 0.183 e. The second kappa shape index (κ2) is 4.58. The molecular weight excluding hydrogens is 295 g/mol. The fourth-order valence-corrected chi connectivity index (χ4v) is 3.25. The Labute approximate surface area is 130 Å². The molecule has 2 atom stereocenters. The van der Waals surface area contributed by atoms with Gasteiger partial charge in [0.2, 0.25) is 0 Å². The predicted octanol–water partition coefficient (Wildman–Crippen LogP) is 2.68. The van der Waals surface area contributed by atoms with Crippen molar-refractivity contribution < 1.29 is 4.39 Å². The number of aromatic amines is 1. The van der Waals surface area contributed by atoms with Crippen LogP contribution in [-0.2, 0) is 0 Å². The SMILES string of the molecule is Fc1cnc(-c2c[nH]c3ncncc23)nc1NC1CC=C2C[C@@H]21. The lowest BCUT2D eigenvalue weighted by atomic mass is 10.2. The molecule has 1 fully saturated rings. The van der Waals surface area contributed by atoms with E-state index in [-0.39, 0.29) is 11.9 Å². The van der Waals surface area contributed by atoms with E-state index in [1.807, 2.05) is 0 Å². The summed E-state index contributed by atoms with van der Waals surface area (Å²) in [4.78, 5) is 19.7. The summed E-state index contributed by atoms with van der Waals surface area (Å²) in [7, 11) is 0. The molecule has 2 N–H and O–H groups in total. The fraction of sp³-hybridized carbons (Fsp3) is 0.250. The van der Waals surface area contributed by atoms with E-state index in [2.05, 4.69) is 36.3 Å². The van der Waals surface area contributed by atoms with Gasteiger partial charge in [-0.1, -0.05) is 11.6 Å². The molecule has 2 aliphatic carbocycles. The van der Waals surface area contributed by atoms with Crippen LogP contribution in [0.2, 0.25) is 0 Å². The van der Waals surface area contributed by atoms with Gasteiger partial charge in [0.25, 0.3) is 0 Å². The standard InChI is InChI=1S/C16H13FN6/c17-12-6-20-15(11-5-19-14-10(11)4-18-7-21-14)23-16(12)22-13-2-1-8-3-9(8)13/h1,4-7,9,13H,2-3H2,(H,18,19,21)(H,20,22,23)/t9-,13?/m0/s1. The van der Waals surface area contributed by atoms with Crippen LogP contribution in [0.25, 0.3) is 22.4 Å². The number of rotatable bonds is 3. The minimum atomic E-state index is -0.432. The first-order valence-electron chi connectivity index (χ1n) is 7.55. The van der Waals surface area contributed by atoms with Gasteiger partial charge < -0.3 is 10.3 Å². The topological polar surface area (TPSA) is 79.4 Å². The molecule has 3 aromatic heterocycles. The number of halogens is 1. The maximum Gasteiger partial charge on any atom is 0.183 e. The molecule has 7 heteroatoms. The summed E-state index contributed by atoms with van der Waals surface area (Å²) in [6, 6.07) is 0.244. The van der Waals surface area contributed by atoms with E-state index >= 15 is 0 Å². The highest BCUT2D eigenvalue weighted by molar-refractivity contribution is 5.90. The maximum absolute atomic E-state index is 14.1. The number of hydrogen-bond acceptors (Lipinski definition) is 5. The van der Waals surface area contributed by atoms with Crippen LogP contribution in [0.1, 0.15) is 12.8 Å². The van der Waals surface area contributed by atoms with E-state index in [0.717, 1.165) is 23.8 Å². The van der Waals surface area contributed by atoms with Crippen molar-refractivity contribution in [1.29, 1.82) is 0 Å². The third-order valence-electron chi connectivity index (χ3n) is 4.55. The number of H-pyrrole nitrogens is 1. The van der Waals surface area contributed by atoms with E-state index < -0.39 is 5.82 Å². The van der Waals surface area contributed by atoms with Crippen LogP contribution >= 0.6 is 0 Å². The molecule has 6 nitrogen and oxygen atoms in total. The lowest BCUT2D eigenvalue weighted by Gasteiger charge is -2.15. The first-order chi connectivity index (χ1) is 11.3. The van der Waals surface area contributed by atoms with Gasteiger partial charge in [-0.3, -0.25) is 0 Å². The zero-order valence-electron chi connectivity index (χ0n) is 12.1. The van der Waals surface area contributed by atoms with Crippen LogP contribution in [0, 0.1) is 11.7 Å². The number of anilines is 1. The number of hydrogen-bond donors (Lipinski definition) is 2. The Kier molecular flexibility index (Phi) is 2.53. The Balaban J connectivity index is 1.52. The molecule has 3 heterocycles. The highest BCUT2D eigenvalue weighted by atomic mass is 19.1. The van der Waals surface area contributed by atoms with Crippen LogP contribution in [0.15, 0.2) is 36.6 Å². The molecule has 1 saturated carbocycles. The van der Waals surface area contributed by atoms with E-state index in [9.17, 15) is 4.39 Å². The Morgan fingerprint density at radius 1 is 1.26 bits per heavy atom. The quantitative estimate of drug-likeness (QED) is 0.727. The largest absolute Gasteiger partial charge is 0.364 e. The first-order valence-corrected chi connectivity index (χ1v) is 7.55. The van der Waals surface area contributed by atoms with Gasteiger partial charge in [0.1, 0.15) is 12.0 Å². The Morgan fingerprint density at radius 2 is 2.22 bits per heavy atom. The van der Waals surface area contributed by atoms with Gasteiger partial charge in [-0.2, -0.15) is 0 Å². The van der Waals surface area contributed by atoms with E-state index in [1.54, 1.807) is 12.4 Å². The molecule has 23 heavy (non-hydrogen) atoms. The van der Waals surface area contributed by atoms with Crippen molar-refractivity contribution in [1.82, 2.24) is 24.9 Å². The van der Waals surface area contributed by atoms with Crippen molar-refractivity contribution in [2.45, 2.75) is 18.9 Å². The minimum absolute atomic E-state index is 0.244. The summed E-state index contributed by atoms with van der Waals surface area (Å²) in [5.41, 5.74) is 2.95. The van der Waals surface area contributed by atoms with Crippen molar-refractivity contribution in [3.05, 3.63) is 42.4 Å². The molecule has 0 bridgehead atoms. The average molecular weight is 308 g/mol. The van der Waals surface area contributed by atoms with E-state index in [0.29, 0.717) is 17.4 Å². The molecule has 1 unspecified atom stereocenters. The third-order valence-corrected chi connectivity index (χ3v) is 4.55. The summed E-state index contributed by atoms with van der Waals surface area (Å²) < 4.78 is 14.1. The van der Waals surface area contributed by atoms with Crippen LogP contribution < -0.4 is 5.32 Å². The summed E-state index contributed by atoms with van der Waals surface area (Å²) in [5.74, 6) is 0.831. The van der Waals surface area contributed by atoms with Crippen molar-refractivity contribution in [3.63, 3.8) is 0 Å². The second-order valence-corrected chi connectivity index (χ2v) is 5.95. The molecule has 0 spiro atoms. The van der Waals surface area contributed by atoms with Gasteiger partial charge in [-0.25, -0.2) is 24.3 Å². The number of aromatic nitrogens is 5. The molecule has 114 valence electrons. The normalized spacial score (nSPS) is 22.0. The molecule has 0 aromatic carbocycles. The molecule has 5 rings (SSSR count). The van der Waals surface area contributed by atoms with E-state index in [4.69, 9.17) is 0 Å². The van der Waals surface area contributed by atoms with Gasteiger partial charge in [0.15, 0.2) is 17.5 Å². The van der Waals surface area contributed by atoms with Crippen molar-refractivity contribution in [3.8, 4) is 11.4 Å². The zero-order valence-corrected chi connectivity index (χ0v) is 12.1. The van der Waals surface area contributed by atoms with Gasteiger partial charge in [0.05, 0.1) is 6.20 Å². The zero-order chi connectivity index (χ0) is 15.4. The molecule has 3 aromatic rings. The number of fused-ring (bicyclic) bond motifs is 2. The van der Waals surface area contributed by atoms with Gasteiger partial charge in [-0.15, -0.1) is 0 Å². The van der Waals surface area contributed by atoms with Crippen LogP contribution in [-0.4, -0.2) is 31.0 Å². The van der Waals surface area contributed by atoms with Crippen LogP contribution in [0.5, 0.6) is 0 Å². The van der Waals surface area contributed by atoms with Crippen LogP contribution in [0.3, 0.4) is 0 Å². The average Bonchev–Trinajstić information content (AvgIpc) is 3.06. The molecule has 0 radical (unpaired) electrons. The van der Waals surface area contributed by atoms with Crippen molar-refractivity contribution in [2.24, 2.45) is 5.92 Å². The Hall–Kier alpha value is -2.83. The molecule has 0 aliphatic heterocycles. The van der Waals surface area contributed by atoms with Crippen molar-refractivity contribution in [2.75, 3.05) is 5.32 Å². The Morgan fingerprint density at radius 3 is 3.04 bits per heavy atom. The van der Waals surface area contributed by atoms with Crippen LogP contribution in [0.4, 0.5) is 10.2 Å². The minimum Gasteiger partial charge on any atom is -0.364 e. The monoisotopic (exact) mass is 308 g/mol. The third kappa shape index (κ3) is 2.00. The summed E-state index contributed by atoms with van der Waals surface area (Å²) in [6.07, 6.45) is 10.4. The number of nitrogens with one attached hydrogen (secondary N) is 2. The van der Waals surface area contributed by atoms with Gasteiger partial charge >= 0.3 is 0 Å². The molecule has 0 saturated heterocycles. The summed E-state index contributed by atoms with van der Waals surface area (Å²) in [6.45, 7) is 0. The predicted molar refractivity (Wildman–Crippen MR) is 83.1 cm³/mol. The lowest BCUT2D eigenvalue weighted by Crippen LogP contribution is -2.21. The summed E-state index contributed by atoms with van der Waals surface area (Å²) >= 11 is 0. The Bertz CT molecular complexity index is 947. The lowest BCUT2D eigenvalue weighted by molar-refractivity contribution is 0.604. The molecule has 0 amide bonds. The van der Waals surface area contributed by atoms with Crippen molar-refractivity contribution >= 4 is 16.9 Å². The first kappa shape index (κ1) is 12.7. The number of nitrogens with zero attached hydrogens (tertiary/aromatic N) is 4. The highest BCUT2D eigenvalue weighted by Gasteiger charge is 2.41. The van der Waals surface area contributed by atoms with E-state index in [1.165, 1.54) is 18.1 Å². The molecule has 2 aliphatic rings. The highest BCUT2D eigenvalue weighted by Crippen LogP contribution is 2.48. The second-order valence-electron chi connectivity index (χ2n) is 5.95. The fourth-order valence-electron chi connectivity index (χ4n) is 3.25.